The van der Waals surface area contributed by atoms with Gasteiger partial charge in [0, 0.05) is 10.9 Å². The van der Waals surface area contributed by atoms with E-state index < -0.39 is 17.2 Å². The quantitative estimate of drug-likeness (QED) is 0.761. The molecule has 120 valence electrons. The summed E-state index contributed by atoms with van der Waals surface area (Å²) in [5.41, 5.74) is 0.746. The van der Waals surface area contributed by atoms with Gasteiger partial charge in [-0.2, -0.15) is 0 Å². The number of benzene rings is 2. The van der Waals surface area contributed by atoms with Crippen LogP contribution in [0.1, 0.15) is 22.7 Å². The molecule has 2 aromatic carbocycles. The van der Waals surface area contributed by atoms with Gasteiger partial charge in [-0.1, -0.05) is 42.1 Å². The highest BCUT2D eigenvalue weighted by Gasteiger charge is 2.33. The number of aromatic carboxylic acids is 1. The first kappa shape index (κ1) is 15.0. The Morgan fingerprint density at radius 2 is 1.96 bits per heavy atom. The maximum absolute atomic E-state index is 14.6. The van der Waals surface area contributed by atoms with Crippen molar-refractivity contribution in [2.75, 3.05) is 0 Å². The number of pyridine rings is 1. The Bertz CT molecular complexity index is 1060. The predicted molar refractivity (Wildman–Crippen MR) is 91.1 cm³/mol. The molecule has 0 radical (unpaired) electrons. The summed E-state index contributed by atoms with van der Waals surface area (Å²) in [5, 5.41) is 9.85. The number of hydrogen-bond donors (Lipinski definition) is 1. The van der Waals surface area contributed by atoms with E-state index in [4.69, 9.17) is 0 Å². The number of hydrogen-bond acceptors (Lipinski definition) is 3. The fourth-order valence-electron chi connectivity index (χ4n) is 3.07. The summed E-state index contributed by atoms with van der Waals surface area (Å²) in [4.78, 5) is 23.9. The van der Waals surface area contributed by atoms with Crippen LogP contribution in [0.5, 0.6) is 0 Å². The van der Waals surface area contributed by atoms with Crippen molar-refractivity contribution in [2.24, 2.45) is 0 Å². The third-order valence-electron chi connectivity index (χ3n) is 4.19. The summed E-state index contributed by atoms with van der Waals surface area (Å²) in [6.45, 7) is 1.92. The first-order valence-corrected chi connectivity index (χ1v) is 8.24. The highest BCUT2D eigenvalue weighted by molar-refractivity contribution is 8.00. The molecular formula is C18H12FNO3S. The summed E-state index contributed by atoms with van der Waals surface area (Å²) in [5.74, 6) is -1.82. The minimum atomic E-state index is -1.28. The molecule has 1 aliphatic rings. The van der Waals surface area contributed by atoms with Crippen LogP contribution in [0.2, 0.25) is 0 Å². The molecule has 0 fully saturated rings. The molecule has 0 saturated heterocycles. The van der Waals surface area contributed by atoms with Crippen LogP contribution < -0.4 is 5.43 Å². The minimum Gasteiger partial charge on any atom is -0.477 e. The van der Waals surface area contributed by atoms with Crippen LogP contribution in [0, 0.1) is 5.82 Å². The van der Waals surface area contributed by atoms with Crippen molar-refractivity contribution in [2.45, 2.75) is 17.3 Å². The molecule has 4 rings (SSSR count). The van der Waals surface area contributed by atoms with Crippen molar-refractivity contribution in [3.8, 4) is 11.1 Å². The first-order chi connectivity index (χ1) is 11.5. The fourth-order valence-corrected chi connectivity index (χ4v) is 4.23. The van der Waals surface area contributed by atoms with E-state index >= 15 is 0 Å². The molecule has 4 nitrogen and oxygen atoms in total. The lowest BCUT2D eigenvalue weighted by atomic mass is 10.0. The van der Waals surface area contributed by atoms with E-state index in [1.165, 1.54) is 11.8 Å². The third-order valence-corrected chi connectivity index (χ3v) is 5.37. The van der Waals surface area contributed by atoms with E-state index in [0.717, 1.165) is 6.07 Å². The van der Waals surface area contributed by atoms with Gasteiger partial charge in [0.25, 0.3) is 0 Å². The minimum absolute atomic E-state index is 0.00437. The second kappa shape index (κ2) is 5.21. The van der Waals surface area contributed by atoms with Crippen molar-refractivity contribution in [1.29, 1.82) is 0 Å². The molecule has 0 aliphatic carbocycles. The molecule has 1 aromatic heterocycles. The number of carboxylic acid groups (broad SMARTS) is 1. The van der Waals surface area contributed by atoms with Gasteiger partial charge in [-0.05, 0) is 24.6 Å². The van der Waals surface area contributed by atoms with E-state index in [9.17, 15) is 19.1 Å². The number of aromatic nitrogens is 1. The summed E-state index contributed by atoms with van der Waals surface area (Å²) in [7, 11) is 0. The van der Waals surface area contributed by atoms with Gasteiger partial charge in [0.1, 0.15) is 11.4 Å². The summed E-state index contributed by atoms with van der Waals surface area (Å²) in [6.07, 6.45) is 0. The molecule has 2 heterocycles. The number of carboxylic acids is 1. The van der Waals surface area contributed by atoms with Crippen LogP contribution in [0.4, 0.5) is 4.39 Å². The highest BCUT2D eigenvalue weighted by Crippen LogP contribution is 2.46. The maximum Gasteiger partial charge on any atom is 0.342 e. The molecule has 0 bridgehead atoms. The average molecular weight is 341 g/mol. The zero-order valence-electron chi connectivity index (χ0n) is 12.6. The molecule has 0 spiro atoms. The third kappa shape index (κ3) is 1.99. The molecule has 0 saturated carbocycles. The highest BCUT2D eigenvalue weighted by atomic mass is 32.2. The average Bonchev–Trinajstić information content (AvgIpc) is 2.55. The predicted octanol–water partition coefficient (Wildman–Crippen LogP) is 4.13. The van der Waals surface area contributed by atoms with Gasteiger partial charge >= 0.3 is 5.97 Å². The Hall–Kier alpha value is -2.60. The van der Waals surface area contributed by atoms with Crippen molar-refractivity contribution >= 4 is 28.6 Å². The van der Waals surface area contributed by atoms with Gasteiger partial charge in [-0.25, -0.2) is 9.18 Å². The van der Waals surface area contributed by atoms with E-state index in [1.807, 2.05) is 25.1 Å². The molecule has 1 atom stereocenters. The fraction of sp³-hybridized carbons (Fsp3) is 0.111. The van der Waals surface area contributed by atoms with Crippen LogP contribution in [-0.4, -0.2) is 15.6 Å². The normalized spacial score (nSPS) is 15.8. The number of thioether (sulfide) groups is 1. The van der Waals surface area contributed by atoms with Crippen LogP contribution >= 0.6 is 11.8 Å². The van der Waals surface area contributed by atoms with Crippen molar-refractivity contribution in [3.05, 3.63) is 64.1 Å². The van der Waals surface area contributed by atoms with Gasteiger partial charge in [-0.3, -0.25) is 4.79 Å². The van der Waals surface area contributed by atoms with E-state index in [-0.39, 0.29) is 16.3 Å². The van der Waals surface area contributed by atoms with Gasteiger partial charge in [-0.15, -0.1) is 0 Å². The van der Waals surface area contributed by atoms with Gasteiger partial charge < -0.3 is 9.67 Å². The lowest BCUT2D eigenvalue weighted by molar-refractivity contribution is 0.0689. The Kier molecular flexibility index (Phi) is 3.25. The summed E-state index contributed by atoms with van der Waals surface area (Å²) >= 11 is 1.33. The molecular weight excluding hydrogens is 329 g/mol. The molecule has 6 heteroatoms. The van der Waals surface area contributed by atoms with Gasteiger partial charge in [0.15, 0.2) is 0 Å². The standard InChI is InChI=1S/C18H12FNO3S/c1-9-20-14-8-11(10-5-3-2-4-6-10)13(19)7-12(14)16(21)15(18(22)23)17(20)24-9/h2-9H,1H3,(H,22,23). The van der Waals surface area contributed by atoms with Crippen molar-refractivity contribution in [1.82, 2.24) is 4.57 Å². The SMILES string of the molecule is CC1Sc2c(C(=O)O)c(=O)c3cc(F)c(-c4ccccc4)cc3n21. The molecule has 24 heavy (non-hydrogen) atoms. The monoisotopic (exact) mass is 341 g/mol. The molecule has 3 aromatic rings. The number of carbonyl (C=O) groups is 1. The van der Waals surface area contributed by atoms with Crippen molar-refractivity contribution < 1.29 is 14.3 Å². The summed E-state index contributed by atoms with van der Waals surface area (Å²) in [6, 6.07) is 11.8. The molecule has 0 amide bonds. The van der Waals surface area contributed by atoms with Crippen LogP contribution in [0.15, 0.2) is 52.3 Å². The van der Waals surface area contributed by atoms with Crippen LogP contribution in [-0.2, 0) is 0 Å². The number of fused-ring (bicyclic) bond motifs is 3. The smallest absolute Gasteiger partial charge is 0.342 e. The molecule has 1 aliphatic heterocycles. The Balaban J connectivity index is 2.11. The maximum atomic E-state index is 14.6. The topological polar surface area (TPSA) is 59.3 Å². The first-order valence-electron chi connectivity index (χ1n) is 7.36. The molecule has 1 N–H and O–H groups in total. The van der Waals surface area contributed by atoms with Crippen LogP contribution in [0.3, 0.4) is 0 Å². The lowest BCUT2D eigenvalue weighted by Gasteiger charge is -2.32. The van der Waals surface area contributed by atoms with Gasteiger partial charge in [0.05, 0.1) is 15.9 Å². The van der Waals surface area contributed by atoms with Crippen LogP contribution in [0.25, 0.3) is 22.0 Å². The van der Waals surface area contributed by atoms with E-state index in [1.54, 1.807) is 22.8 Å². The molecule has 1 unspecified atom stereocenters. The lowest BCUT2D eigenvalue weighted by Crippen LogP contribution is -2.28. The second-order valence-electron chi connectivity index (χ2n) is 5.62. The number of halogens is 1. The Labute approximate surface area is 140 Å². The zero-order chi connectivity index (χ0) is 17.0. The largest absolute Gasteiger partial charge is 0.477 e. The van der Waals surface area contributed by atoms with E-state index in [0.29, 0.717) is 21.7 Å². The number of nitrogens with zero attached hydrogens (tertiary/aromatic N) is 1. The van der Waals surface area contributed by atoms with Crippen molar-refractivity contribution in [3.63, 3.8) is 0 Å². The van der Waals surface area contributed by atoms with Gasteiger partial charge in [0.2, 0.25) is 5.43 Å². The van der Waals surface area contributed by atoms with E-state index in [2.05, 4.69) is 0 Å². The Morgan fingerprint density at radius 1 is 1.25 bits per heavy atom. The second-order valence-corrected chi connectivity index (χ2v) is 6.92. The summed E-state index contributed by atoms with van der Waals surface area (Å²) < 4.78 is 16.4. The zero-order valence-corrected chi connectivity index (χ0v) is 13.4. The Morgan fingerprint density at radius 3 is 2.58 bits per heavy atom. The number of rotatable bonds is 2.